The number of fused-ring (bicyclic) bond motifs is 2. The minimum Gasteiger partial charge on any atom is -0.486 e. The van der Waals surface area contributed by atoms with Crippen molar-refractivity contribution < 1.29 is 27.9 Å². The fourth-order valence-electron chi connectivity index (χ4n) is 3.25. The third-order valence-corrected chi connectivity index (χ3v) is 5.06. The Morgan fingerprint density at radius 2 is 1.65 bits per heavy atom. The number of carbonyl (C=O) groups is 2. The van der Waals surface area contributed by atoms with Crippen LogP contribution in [0.2, 0.25) is 0 Å². The van der Waals surface area contributed by atoms with Crippen molar-refractivity contribution in [2.24, 2.45) is 0 Å². The molecule has 31 heavy (non-hydrogen) atoms. The molecular weight excluding hydrogens is 468 g/mol. The number of nitrogens with one attached hydrogen (secondary N) is 2. The summed E-state index contributed by atoms with van der Waals surface area (Å²) in [6.07, 6.45) is 0. The Balaban J connectivity index is 1.46. The van der Waals surface area contributed by atoms with Crippen molar-refractivity contribution in [3.63, 3.8) is 0 Å². The average molecular weight is 483 g/mol. The van der Waals surface area contributed by atoms with Gasteiger partial charge in [0.05, 0.1) is 0 Å². The zero-order valence-corrected chi connectivity index (χ0v) is 17.5. The lowest BCUT2D eigenvalue weighted by molar-refractivity contribution is 0.0994. The molecule has 8 nitrogen and oxygen atoms in total. The molecule has 2 aromatic heterocycles. The molecule has 9 heteroatoms. The van der Waals surface area contributed by atoms with Crippen molar-refractivity contribution in [2.75, 3.05) is 23.8 Å². The monoisotopic (exact) mass is 482 g/mol. The van der Waals surface area contributed by atoms with E-state index >= 15 is 0 Å². The Morgan fingerprint density at radius 1 is 0.839 bits per heavy atom. The highest BCUT2D eigenvalue weighted by molar-refractivity contribution is 9.10. The molecular formula is C22H15BrN2O6. The summed E-state index contributed by atoms with van der Waals surface area (Å²) in [6, 6.07) is 15.3. The van der Waals surface area contributed by atoms with Crippen LogP contribution in [0.4, 0.5) is 11.4 Å². The smallest absolute Gasteiger partial charge is 0.293 e. The van der Waals surface area contributed by atoms with Crippen molar-refractivity contribution in [3.8, 4) is 11.5 Å². The number of anilines is 2. The summed E-state index contributed by atoms with van der Waals surface area (Å²) in [5.41, 5.74) is 1.22. The largest absolute Gasteiger partial charge is 0.486 e. The van der Waals surface area contributed by atoms with Crippen molar-refractivity contribution in [3.05, 3.63) is 70.8 Å². The predicted octanol–water partition coefficient (Wildman–Crippen LogP) is 5.06. The summed E-state index contributed by atoms with van der Waals surface area (Å²) in [5, 5.41) is 6.09. The summed E-state index contributed by atoms with van der Waals surface area (Å²) >= 11 is 3.17. The van der Waals surface area contributed by atoms with Crippen LogP contribution in [0.15, 0.2) is 68.1 Å². The third kappa shape index (κ3) is 3.75. The number of para-hydroxylation sites is 1. The van der Waals surface area contributed by atoms with Crippen LogP contribution in [0.3, 0.4) is 0 Å². The van der Waals surface area contributed by atoms with E-state index in [1.54, 1.807) is 48.5 Å². The van der Waals surface area contributed by atoms with Crippen LogP contribution in [0.25, 0.3) is 11.0 Å². The zero-order chi connectivity index (χ0) is 21.4. The Hall–Kier alpha value is -3.72. The molecule has 0 fully saturated rings. The number of carbonyl (C=O) groups excluding carboxylic acids is 2. The van der Waals surface area contributed by atoms with Crippen LogP contribution >= 0.6 is 15.9 Å². The van der Waals surface area contributed by atoms with Crippen LogP contribution in [0.5, 0.6) is 11.5 Å². The summed E-state index contributed by atoms with van der Waals surface area (Å²) in [4.78, 5) is 25.7. The Labute approximate surface area is 184 Å². The van der Waals surface area contributed by atoms with E-state index in [1.807, 2.05) is 0 Å². The van der Waals surface area contributed by atoms with Gasteiger partial charge in [-0.15, -0.1) is 0 Å². The second-order valence-electron chi connectivity index (χ2n) is 6.67. The highest BCUT2D eigenvalue weighted by Crippen LogP contribution is 2.35. The van der Waals surface area contributed by atoms with E-state index in [4.69, 9.17) is 18.3 Å². The lowest BCUT2D eigenvalue weighted by Crippen LogP contribution is -2.18. The minimum absolute atomic E-state index is 0.0324. The normalized spacial score (nSPS) is 12.5. The molecule has 1 aliphatic heterocycles. The van der Waals surface area contributed by atoms with Crippen LogP contribution in [-0.4, -0.2) is 25.0 Å². The van der Waals surface area contributed by atoms with Crippen LogP contribution in [0.1, 0.15) is 21.1 Å². The Bertz CT molecular complexity index is 1310. The molecule has 2 N–H and O–H groups in total. The highest BCUT2D eigenvalue weighted by atomic mass is 79.9. The van der Waals surface area contributed by atoms with Gasteiger partial charge in [0, 0.05) is 17.1 Å². The van der Waals surface area contributed by atoms with Crippen LogP contribution in [-0.2, 0) is 0 Å². The molecule has 0 spiro atoms. The van der Waals surface area contributed by atoms with E-state index < -0.39 is 11.8 Å². The van der Waals surface area contributed by atoms with Crippen molar-refractivity contribution in [1.29, 1.82) is 0 Å². The van der Waals surface area contributed by atoms with Crippen molar-refractivity contribution in [2.45, 2.75) is 0 Å². The summed E-state index contributed by atoms with van der Waals surface area (Å²) in [6.45, 7) is 0.917. The van der Waals surface area contributed by atoms with Crippen molar-refractivity contribution in [1.82, 2.24) is 0 Å². The number of ether oxygens (including phenoxy) is 2. The zero-order valence-electron chi connectivity index (χ0n) is 15.9. The van der Waals surface area contributed by atoms with Gasteiger partial charge in [-0.1, -0.05) is 12.1 Å². The van der Waals surface area contributed by atoms with Crippen LogP contribution in [0, 0.1) is 0 Å². The molecule has 156 valence electrons. The average Bonchev–Trinajstić information content (AvgIpc) is 3.38. The van der Waals surface area contributed by atoms with Gasteiger partial charge in [0.15, 0.2) is 21.9 Å². The maximum atomic E-state index is 13.0. The maximum absolute atomic E-state index is 13.0. The lowest BCUT2D eigenvalue weighted by atomic mass is 10.2. The number of furan rings is 2. The van der Waals surface area contributed by atoms with Crippen molar-refractivity contribution >= 4 is 50.1 Å². The lowest BCUT2D eigenvalue weighted by Gasteiger charge is -2.18. The van der Waals surface area contributed by atoms with E-state index in [1.165, 1.54) is 6.07 Å². The topological polar surface area (TPSA) is 103 Å². The molecule has 0 saturated carbocycles. The Kier molecular flexibility index (Phi) is 4.87. The maximum Gasteiger partial charge on any atom is 0.293 e. The molecule has 1 aliphatic rings. The molecule has 0 atom stereocenters. The molecule has 2 amide bonds. The third-order valence-electron chi connectivity index (χ3n) is 4.64. The standard InChI is InChI=1S/C22H15BrN2O6/c23-18-8-7-16(30-18)21(26)25-19-13-3-1-2-4-14(13)31-20(19)22(27)24-12-5-6-15-17(11-12)29-10-9-28-15/h1-8,11H,9-10H2,(H,24,27)(H,25,26). The van der Waals surface area contributed by atoms with Gasteiger partial charge in [0.2, 0.25) is 5.76 Å². The molecule has 0 unspecified atom stereocenters. The van der Waals surface area contributed by atoms with Gasteiger partial charge < -0.3 is 28.9 Å². The molecule has 4 aromatic rings. The van der Waals surface area contributed by atoms with Gasteiger partial charge in [-0.25, -0.2) is 0 Å². The van der Waals surface area contributed by atoms with Gasteiger partial charge in [0.25, 0.3) is 11.8 Å². The summed E-state index contributed by atoms with van der Waals surface area (Å²) in [5.74, 6) is 0.191. The number of rotatable bonds is 4. The predicted molar refractivity (Wildman–Crippen MR) is 116 cm³/mol. The number of amides is 2. The Morgan fingerprint density at radius 3 is 2.45 bits per heavy atom. The first-order chi connectivity index (χ1) is 15.1. The summed E-state index contributed by atoms with van der Waals surface area (Å²) in [7, 11) is 0. The number of halogens is 1. The molecule has 3 heterocycles. The quantitative estimate of drug-likeness (QED) is 0.421. The molecule has 0 bridgehead atoms. The molecule has 0 radical (unpaired) electrons. The van der Waals surface area contributed by atoms with Gasteiger partial charge in [-0.05, 0) is 52.3 Å². The first-order valence-electron chi connectivity index (χ1n) is 9.38. The first-order valence-corrected chi connectivity index (χ1v) is 10.2. The second kappa shape index (κ2) is 7.84. The van der Waals surface area contributed by atoms with E-state index in [0.29, 0.717) is 46.0 Å². The van der Waals surface area contributed by atoms with Gasteiger partial charge in [-0.2, -0.15) is 0 Å². The first kappa shape index (κ1) is 19.3. The molecule has 2 aromatic carbocycles. The molecule has 0 saturated heterocycles. The number of hydrogen-bond acceptors (Lipinski definition) is 6. The van der Waals surface area contributed by atoms with Crippen LogP contribution < -0.4 is 20.1 Å². The highest BCUT2D eigenvalue weighted by Gasteiger charge is 2.24. The SMILES string of the molecule is O=C(Nc1c(C(=O)Nc2ccc3c(c2)OCCO3)oc2ccccc12)c1ccc(Br)o1. The number of benzene rings is 2. The molecule has 5 rings (SSSR count). The summed E-state index contributed by atoms with van der Waals surface area (Å²) < 4.78 is 22.5. The fraction of sp³-hybridized carbons (Fsp3) is 0.0909. The van der Waals surface area contributed by atoms with Gasteiger partial charge in [0.1, 0.15) is 24.5 Å². The van der Waals surface area contributed by atoms with E-state index in [9.17, 15) is 9.59 Å². The molecule has 0 aliphatic carbocycles. The van der Waals surface area contributed by atoms with Gasteiger partial charge in [-0.3, -0.25) is 9.59 Å². The van der Waals surface area contributed by atoms with E-state index in [0.717, 1.165) is 0 Å². The van der Waals surface area contributed by atoms with Gasteiger partial charge >= 0.3 is 0 Å². The van der Waals surface area contributed by atoms with E-state index in [-0.39, 0.29) is 17.2 Å². The fourth-order valence-corrected chi connectivity index (χ4v) is 3.56. The van der Waals surface area contributed by atoms with E-state index in [2.05, 4.69) is 26.6 Å². The minimum atomic E-state index is -0.524. The number of hydrogen-bond donors (Lipinski definition) is 2. The second-order valence-corrected chi connectivity index (χ2v) is 7.45.